The number of carbonyl (C=O) groups excluding carboxylic acids is 2. The predicted octanol–water partition coefficient (Wildman–Crippen LogP) is 1.87. The molecule has 1 saturated heterocycles. The minimum absolute atomic E-state index is 0.112. The van der Waals surface area contributed by atoms with Gasteiger partial charge in [0.2, 0.25) is 5.91 Å². The molecular formula is C19H22FN5O2. The Balaban J connectivity index is 1.69. The molecule has 1 N–H and O–H groups in total. The van der Waals surface area contributed by atoms with Crippen molar-refractivity contribution >= 4 is 17.6 Å². The van der Waals surface area contributed by atoms with Crippen molar-refractivity contribution in [2.45, 2.75) is 6.42 Å². The maximum atomic E-state index is 13.5. The summed E-state index contributed by atoms with van der Waals surface area (Å²) < 4.78 is 13.5. The lowest BCUT2D eigenvalue weighted by Crippen LogP contribution is -2.32. The van der Waals surface area contributed by atoms with E-state index in [9.17, 15) is 14.0 Å². The van der Waals surface area contributed by atoms with Gasteiger partial charge in [-0.15, -0.1) is 0 Å². The number of halogens is 1. The molecule has 27 heavy (non-hydrogen) atoms. The molecule has 2 amide bonds. The van der Waals surface area contributed by atoms with Crippen molar-refractivity contribution in [1.82, 2.24) is 19.8 Å². The normalized spacial score (nSPS) is 16.5. The summed E-state index contributed by atoms with van der Waals surface area (Å²) in [5, 5.41) is 2.68. The molecule has 3 rings (SSSR count). The van der Waals surface area contributed by atoms with Crippen molar-refractivity contribution in [2.24, 2.45) is 5.92 Å². The van der Waals surface area contributed by atoms with Gasteiger partial charge in [0.05, 0.1) is 6.20 Å². The molecule has 2 heterocycles. The fourth-order valence-corrected chi connectivity index (χ4v) is 3.21. The van der Waals surface area contributed by atoms with Gasteiger partial charge in [-0.2, -0.15) is 0 Å². The molecule has 0 radical (unpaired) electrons. The predicted molar refractivity (Wildman–Crippen MR) is 99.7 cm³/mol. The molecule has 1 aliphatic heterocycles. The number of amides is 2. The Kier molecular flexibility index (Phi) is 5.34. The van der Waals surface area contributed by atoms with Gasteiger partial charge in [-0.1, -0.05) is 12.1 Å². The standard InChI is InChI=1S/C19H22FN5O2/c1-21-18-15(20)9-22-17(23-18)13-4-6-14(7-5-13)19(27)25(3)11-12-8-16(26)24(2)10-12/h4-7,9,12H,8,10-11H2,1-3H3,(H,21,22,23). The summed E-state index contributed by atoms with van der Waals surface area (Å²) in [4.78, 5) is 35.7. The van der Waals surface area contributed by atoms with Crippen molar-refractivity contribution in [3.8, 4) is 11.4 Å². The highest BCUT2D eigenvalue weighted by Gasteiger charge is 2.28. The zero-order valence-electron chi connectivity index (χ0n) is 15.6. The Labute approximate surface area is 157 Å². The van der Waals surface area contributed by atoms with Crippen molar-refractivity contribution in [3.63, 3.8) is 0 Å². The number of hydrogen-bond donors (Lipinski definition) is 1. The Morgan fingerprint density at radius 1 is 1.37 bits per heavy atom. The van der Waals surface area contributed by atoms with Crippen LogP contribution in [0.5, 0.6) is 0 Å². The van der Waals surface area contributed by atoms with Crippen LogP contribution >= 0.6 is 0 Å². The molecule has 1 fully saturated rings. The van der Waals surface area contributed by atoms with Crippen LogP contribution in [0, 0.1) is 11.7 Å². The first kappa shape index (κ1) is 18.8. The molecule has 0 aliphatic carbocycles. The van der Waals surface area contributed by atoms with Crippen LogP contribution in [-0.4, -0.2) is 65.8 Å². The molecule has 2 aromatic rings. The lowest BCUT2D eigenvalue weighted by atomic mass is 10.1. The number of hydrogen-bond acceptors (Lipinski definition) is 5. The van der Waals surface area contributed by atoms with Gasteiger partial charge in [0.15, 0.2) is 17.5 Å². The molecule has 1 atom stereocenters. The van der Waals surface area contributed by atoms with E-state index in [0.29, 0.717) is 36.5 Å². The molecule has 0 spiro atoms. The Morgan fingerprint density at radius 2 is 2.07 bits per heavy atom. The maximum Gasteiger partial charge on any atom is 0.253 e. The van der Waals surface area contributed by atoms with Gasteiger partial charge in [-0.05, 0) is 12.1 Å². The average Bonchev–Trinajstić information content (AvgIpc) is 2.98. The topological polar surface area (TPSA) is 78.4 Å². The zero-order chi connectivity index (χ0) is 19.6. The first-order chi connectivity index (χ1) is 12.9. The molecule has 7 nitrogen and oxygen atoms in total. The van der Waals surface area contributed by atoms with Crippen molar-refractivity contribution in [1.29, 1.82) is 0 Å². The van der Waals surface area contributed by atoms with Gasteiger partial charge in [0, 0.05) is 57.7 Å². The maximum absolute atomic E-state index is 13.5. The van der Waals surface area contributed by atoms with Gasteiger partial charge < -0.3 is 15.1 Å². The molecular weight excluding hydrogens is 349 g/mol. The molecule has 142 valence electrons. The number of likely N-dealkylation sites (tertiary alicyclic amines) is 1. The molecule has 0 bridgehead atoms. The van der Waals surface area contributed by atoms with Crippen LogP contribution in [0.15, 0.2) is 30.5 Å². The van der Waals surface area contributed by atoms with E-state index in [-0.39, 0.29) is 23.6 Å². The number of aromatic nitrogens is 2. The molecule has 1 aromatic heterocycles. The third-order valence-electron chi connectivity index (χ3n) is 4.67. The number of anilines is 1. The minimum atomic E-state index is -0.522. The molecule has 0 saturated carbocycles. The summed E-state index contributed by atoms with van der Waals surface area (Å²) in [6.45, 7) is 1.20. The molecule has 8 heteroatoms. The zero-order valence-corrected chi connectivity index (χ0v) is 15.6. The highest BCUT2D eigenvalue weighted by atomic mass is 19.1. The molecule has 1 aliphatic rings. The van der Waals surface area contributed by atoms with Gasteiger partial charge >= 0.3 is 0 Å². The van der Waals surface area contributed by atoms with Crippen LogP contribution in [0.4, 0.5) is 10.2 Å². The largest absolute Gasteiger partial charge is 0.371 e. The number of benzene rings is 1. The Morgan fingerprint density at radius 3 is 2.67 bits per heavy atom. The van der Waals surface area contributed by atoms with Crippen LogP contribution in [0.3, 0.4) is 0 Å². The van der Waals surface area contributed by atoms with Crippen LogP contribution in [-0.2, 0) is 4.79 Å². The smallest absolute Gasteiger partial charge is 0.253 e. The quantitative estimate of drug-likeness (QED) is 0.868. The van der Waals surface area contributed by atoms with Crippen LogP contribution in [0.1, 0.15) is 16.8 Å². The number of carbonyl (C=O) groups is 2. The van der Waals surface area contributed by atoms with Crippen LogP contribution in [0.2, 0.25) is 0 Å². The first-order valence-electron chi connectivity index (χ1n) is 8.69. The Bertz CT molecular complexity index is 856. The summed E-state index contributed by atoms with van der Waals surface area (Å²) in [6.07, 6.45) is 1.59. The number of rotatable bonds is 5. The van der Waals surface area contributed by atoms with E-state index >= 15 is 0 Å². The second-order valence-electron chi connectivity index (χ2n) is 6.75. The van der Waals surface area contributed by atoms with Crippen LogP contribution in [0.25, 0.3) is 11.4 Å². The van der Waals surface area contributed by atoms with E-state index in [0.717, 1.165) is 6.20 Å². The van der Waals surface area contributed by atoms with E-state index in [1.165, 1.54) is 0 Å². The first-order valence-corrected chi connectivity index (χ1v) is 8.69. The molecule has 1 unspecified atom stereocenters. The lowest BCUT2D eigenvalue weighted by Gasteiger charge is -2.21. The van der Waals surface area contributed by atoms with Gasteiger partial charge in [-0.25, -0.2) is 14.4 Å². The Hall–Kier alpha value is -3.03. The highest BCUT2D eigenvalue weighted by Crippen LogP contribution is 2.21. The van der Waals surface area contributed by atoms with Crippen molar-refractivity contribution in [3.05, 3.63) is 41.8 Å². The van der Waals surface area contributed by atoms with Crippen molar-refractivity contribution in [2.75, 3.05) is 39.5 Å². The lowest BCUT2D eigenvalue weighted by molar-refractivity contribution is -0.126. The van der Waals surface area contributed by atoms with E-state index in [1.54, 1.807) is 55.2 Å². The summed E-state index contributed by atoms with van der Waals surface area (Å²) in [7, 11) is 5.10. The van der Waals surface area contributed by atoms with E-state index in [4.69, 9.17) is 0 Å². The van der Waals surface area contributed by atoms with Gasteiger partial charge in [0.25, 0.3) is 5.91 Å². The fraction of sp³-hybridized carbons (Fsp3) is 0.368. The third kappa shape index (κ3) is 4.05. The molecule has 1 aromatic carbocycles. The summed E-state index contributed by atoms with van der Waals surface area (Å²) in [5.41, 5.74) is 1.23. The summed E-state index contributed by atoms with van der Waals surface area (Å²) in [6, 6.07) is 6.87. The SMILES string of the molecule is CNc1nc(-c2ccc(C(=O)N(C)CC3CC(=O)N(C)C3)cc2)ncc1F. The monoisotopic (exact) mass is 371 g/mol. The fourth-order valence-electron chi connectivity index (χ4n) is 3.21. The minimum Gasteiger partial charge on any atom is -0.371 e. The number of nitrogens with zero attached hydrogens (tertiary/aromatic N) is 4. The second kappa shape index (κ2) is 7.69. The van der Waals surface area contributed by atoms with Gasteiger partial charge in [-0.3, -0.25) is 9.59 Å². The number of nitrogens with one attached hydrogen (secondary N) is 1. The average molecular weight is 371 g/mol. The summed E-state index contributed by atoms with van der Waals surface area (Å²) >= 11 is 0. The van der Waals surface area contributed by atoms with E-state index in [1.807, 2.05) is 0 Å². The summed E-state index contributed by atoms with van der Waals surface area (Å²) in [5.74, 6) is 0.135. The second-order valence-corrected chi connectivity index (χ2v) is 6.75. The highest BCUT2D eigenvalue weighted by molar-refractivity contribution is 5.94. The van der Waals surface area contributed by atoms with E-state index < -0.39 is 5.82 Å². The van der Waals surface area contributed by atoms with Gasteiger partial charge in [0.1, 0.15) is 0 Å². The third-order valence-corrected chi connectivity index (χ3v) is 4.67. The van der Waals surface area contributed by atoms with Crippen LogP contribution < -0.4 is 5.32 Å². The van der Waals surface area contributed by atoms with Crippen molar-refractivity contribution < 1.29 is 14.0 Å². The van der Waals surface area contributed by atoms with E-state index in [2.05, 4.69) is 15.3 Å².